The molecule has 1 heterocycles. The predicted octanol–water partition coefficient (Wildman–Crippen LogP) is 4.52. The summed E-state index contributed by atoms with van der Waals surface area (Å²) < 4.78 is 5.21. The van der Waals surface area contributed by atoms with E-state index in [1.165, 1.54) is 5.56 Å². The molecular formula is C14H14ClNO. The normalized spacial score (nSPS) is 11.9. The van der Waals surface area contributed by atoms with Gasteiger partial charge in [-0.3, -0.25) is 0 Å². The fourth-order valence-electron chi connectivity index (χ4n) is 1.90. The van der Waals surface area contributed by atoms with E-state index in [9.17, 15) is 0 Å². The van der Waals surface area contributed by atoms with E-state index in [-0.39, 0.29) is 0 Å². The highest BCUT2D eigenvalue weighted by Crippen LogP contribution is 2.26. The third-order valence-corrected chi connectivity index (χ3v) is 2.84. The van der Waals surface area contributed by atoms with Crippen LogP contribution in [-0.2, 0) is 0 Å². The molecule has 0 aliphatic rings. The lowest BCUT2D eigenvalue weighted by molar-refractivity contribution is 0.559. The average Bonchev–Trinajstić information content (AvgIpc) is 2.76. The van der Waals surface area contributed by atoms with Gasteiger partial charge in [-0.25, -0.2) is 4.99 Å². The van der Waals surface area contributed by atoms with Gasteiger partial charge in [-0.05, 0) is 44.0 Å². The summed E-state index contributed by atoms with van der Waals surface area (Å²) >= 11 is 6.12. The molecule has 2 nitrogen and oxygen atoms in total. The molecule has 0 unspecified atom stereocenters. The minimum Gasteiger partial charge on any atom is -0.462 e. The first kappa shape index (κ1) is 11.9. The number of nitrogens with zero attached hydrogens (tertiary/aromatic N) is 1. The monoisotopic (exact) mass is 247 g/mol. The van der Waals surface area contributed by atoms with Gasteiger partial charge in [0.25, 0.3) is 0 Å². The van der Waals surface area contributed by atoms with E-state index >= 15 is 0 Å². The molecule has 0 aliphatic carbocycles. The van der Waals surface area contributed by atoms with Crippen molar-refractivity contribution in [3.63, 3.8) is 0 Å². The van der Waals surface area contributed by atoms with E-state index in [1.54, 1.807) is 18.4 Å². The molecule has 1 aromatic carbocycles. The molecule has 17 heavy (non-hydrogen) atoms. The molecule has 2 rings (SSSR count). The summed E-state index contributed by atoms with van der Waals surface area (Å²) in [6, 6.07) is 7.78. The Morgan fingerprint density at radius 3 is 2.35 bits per heavy atom. The average molecular weight is 248 g/mol. The van der Waals surface area contributed by atoms with Gasteiger partial charge in [-0.1, -0.05) is 29.3 Å². The molecule has 0 bridgehead atoms. The van der Waals surface area contributed by atoms with Crippen LogP contribution in [0.15, 0.2) is 39.9 Å². The molecule has 0 fully saturated rings. The summed E-state index contributed by atoms with van der Waals surface area (Å²) in [5.74, 6) is 0.589. The summed E-state index contributed by atoms with van der Waals surface area (Å²) in [5, 5.41) is 0.380. The quantitative estimate of drug-likeness (QED) is 0.717. The van der Waals surface area contributed by atoms with Gasteiger partial charge in [0.2, 0.25) is 0 Å². The maximum absolute atomic E-state index is 6.12. The molecular weight excluding hydrogens is 234 g/mol. The smallest absolute Gasteiger partial charge is 0.172 e. The van der Waals surface area contributed by atoms with Gasteiger partial charge < -0.3 is 4.42 Å². The number of aliphatic imine (C=N–C) groups is 1. The molecule has 0 N–H and O–H groups in total. The first-order valence-electron chi connectivity index (χ1n) is 5.44. The number of hydrogen-bond donors (Lipinski definition) is 0. The van der Waals surface area contributed by atoms with Crippen molar-refractivity contribution in [1.29, 1.82) is 0 Å². The molecule has 0 spiro atoms. The standard InChI is InChI=1S/C14H14ClNO/c1-9-7-10(2)13(11(3)8-9)16-14(15)12-5-4-6-17-12/h4-8H,1-3H3. The summed E-state index contributed by atoms with van der Waals surface area (Å²) in [6.07, 6.45) is 1.59. The van der Waals surface area contributed by atoms with Crippen LogP contribution in [0.25, 0.3) is 0 Å². The van der Waals surface area contributed by atoms with Crippen LogP contribution in [0.3, 0.4) is 0 Å². The van der Waals surface area contributed by atoms with Crippen molar-refractivity contribution in [2.24, 2.45) is 4.99 Å². The lowest BCUT2D eigenvalue weighted by Gasteiger charge is -2.06. The molecule has 88 valence electrons. The number of halogens is 1. The van der Waals surface area contributed by atoms with E-state index in [0.717, 1.165) is 16.8 Å². The van der Waals surface area contributed by atoms with E-state index in [2.05, 4.69) is 24.0 Å². The highest BCUT2D eigenvalue weighted by atomic mass is 35.5. The van der Waals surface area contributed by atoms with Crippen LogP contribution in [0.4, 0.5) is 5.69 Å². The fraction of sp³-hybridized carbons (Fsp3) is 0.214. The zero-order valence-corrected chi connectivity index (χ0v) is 10.9. The Balaban J connectivity index is 2.46. The third-order valence-electron chi connectivity index (χ3n) is 2.57. The minimum absolute atomic E-state index is 0.380. The van der Waals surface area contributed by atoms with Gasteiger partial charge in [0, 0.05) is 0 Å². The Labute approximate surface area is 106 Å². The van der Waals surface area contributed by atoms with Gasteiger partial charge in [0.1, 0.15) is 0 Å². The first-order valence-corrected chi connectivity index (χ1v) is 5.81. The van der Waals surface area contributed by atoms with Crippen molar-refractivity contribution in [3.8, 4) is 0 Å². The summed E-state index contributed by atoms with van der Waals surface area (Å²) in [5.41, 5.74) is 4.38. The molecule has 3 heteroatoms. The molecule has 0 saturated carbocycles. The van der Waals surface area contributed by atoms with Crippen LogP contribution in [0.1, 0.15) is 22.5 Å². The van der Waals surface area contributed by atoms with Crippen LogP contribution >= 0.6 is 11.6 Å². The number of rotatable bonds is 2. The van der Waals surface area contributed by atoms with Crippen LogP contribution in [0.2, 0.25) is 0 Å². The second kappa shape index (κ2) is 4.76. The Kier molecular flexibility index (Phi) is 3.34. The van der Waals surface area contributed by atoms with Crippen LogP contribution in [0.5, 0.6) is 0 Å². The number of aryl methyl sites for hydroxylation is 3. The molecule has 2 aromatic rings. The van der Waals surface area contributed by atoms with Gasteiger partial charge in [-0.2, -0.15) is 0 Å². The second-order valence-electron chi connectivity index (χ2n) is 4.13. The molecule has 1 aromatic heterocycles. The van der Waals surface area contributed by atoms with Crippen LogP contribution in [0, 0.1) is 20.8 Å². The Morgan fingerprint density at radius 1 is 1.18 bits per heavy atom. The maximum atomic E-state index is 6.12. The van der Waals surface area contributed by atoms with Gasteiger partial charge in [0.15, 0.2) is 10.9 Å². The maximum Gasteiger partial charge on any atom is 0.172 e. The van der Waals surface area contributed by atoms with Crippen molar-refractivity contribution in [1.82, 2.24) is 0 Å². The van der Waals surface area contributed by atoms with Crippen molar-refractivity contribution in [3.05, 3.63) is 53.0 Å². The van der Waals surface area contributed by atoms with Crippen molar-refractivity contribution in [2.45, 2.75) is 20.8 Å². The topological polar surface area (TPSA) is 25.5 Å². The van der Waals surface area contributed by atoms with Gasteiger partial charge in [0.05, 0.1) is 12.0 Å². The van der Waals surface area contributed by atoms with Crippen molar-refractivity contribution in [2.75, 3.05) is 0 Å². The van der Waals surface area contributed by atoms with E-state index < -0.39 is 0 Å². The SMILES string of the molecule is Cc1cc(C)c(N=C(Cl)c2ccco2)c(C)c1. The molecule has 0 amide bonds. The minimum atomic E-state index is 0.380. The first-order chi connectivity index (χ1) is 8.08. The molecule has 0 aliphatic heterocycles. The highest BCUT2D eigenvalue weighted by Gasteiger charge is 2.07. The summed E-state index contributed by atoms with van der Waals surface area (Å²) in [6.45, 7) is 6.14. The Hall–Kier alpha value is -1.54. The Bertz CT molecular complexity index is 533. The van der Waals surface area contributed by atoms with Crippen LogP contribution in [-0.4, -0.2) is 5.17 Å². The zero-order valence-electron chi connectivity index (χ0n) is 10.1. The number of furan rings is 1. The lowest BCUT2D eigenvalue weighted by Crippen LogP contribution is -1.90. The zero-order chi connectivity index (χ0) is 12.4. The number of benzene rings is 1. The van der Waals surface area contributed by atoms with Gasteiger partial charge >= 0.3 is 0 Å². The van der Waals surface area contributed by atoms with Crippen molar-refractivity contribution < 1.29 is 4.42 Å². The van der Waals surface area contributed by atoms with E-state index in [1.807, 2.05) is 13.8 Å². The Morgan fingerprint density at radius 2 is 1.82 bits per heavy atom. The lowest BCUT2D eigenvalue weighted by atomic mass is 10.1. The largest absolute Gasteiger partial charge is 0.462 e. The predicted molar refractivity (Wildman–Crippen MR) is 71.4 cm³/mol. The molecule has 0 radical (unpaired) electrons. The van der Waals surface area contributed by atoms with E-state index in [4.69, 9.17) is 16.0 Å². The number of hydrogen-bond acceptors (Lipinski definition) is 2. The third kappa shape index (κ3) is 2.59. The summed E-state index contributed by atoms with van der Waals surface area (Å²) in [7, 11) is 0. The summed E-state index contributed by atoms with van der Waals surface area (Å²) in [4.78, 5) is 4.43. The van der Waals surface area contributed by atoms with Crippen LogP contribution < -0.4 is 0 Å². The molecule has 0 atom stereocenters. The molecule has 0 saturated heterocycles. The van der Waals surface area contributed by atoms with Gasteiger partial charge in [-0.15, -0.1) is 0 Å². The highest BCUT2D eigenvalue weighted by molar-refractivity contribution is 6.69. The van der Waals surface area contributed by atoms with E-state index in [0.29, 0.717) is 10.9 Å². The van der Waals surface area contributed by atoms with Crippen molar-refractivity contribution >= 4 is 22.5 Å². The second-order valence-corrected chi connectivity index (χ2v) is 4.49. The fourth-order valence-corrected chi connectivity index (χ4v) is 2.09.